The minimum Gasteiger partial charge on any atom is -0.399 e. The van der Waals surface area contributed by atoms with E-state index in [1.807, 2.05) is 13.0 Å². The third kappa shape index (κ3) is 3.13. The monoisotopic (exact) mass is 204 g/mol. The summed E-state index contributed by atoms with van der Waals surface area (Å²) < 4.78 is 0. The van der Waals surface area contributed by atoms with Gasteiger partial charge in [-0.3, -0.25) is 4.79 Å². The molecule has 0 atom stereocenters. The molecule has 0 heterocycles. The van der Waals surface area contributed by atoms with E-state index >= 15 is 0 Å². The number of nitrogen functional groups attached to an aromatic ring is 1. The van der Waals surface area contributed by atoms with Gasteiger partial charge in [0, 0.05) is 17.8 Å². The summed E-state index contributed by atoms with van der Waals surface area (Å²) in [4.78, 5) is 11.7. The molecule has 0 saturated heterocycles. The van der Waals surface area contributed by atoms with Gasteiger partial charge < -0.3 is 11.1 Å². The van der Waals surface area contributed by atoms with Crippen molar-refractivity contribution in [3.8, 4) is 0 Å². The lowest BCUT2D eigenvalue weighted by Crippen LogP contribution is -2.24. The van der Waals surface area contributed by atoms with E-state index in [0.29, 0.717) is 17.8 Å². The van der Waals surface area contributed by atoms with Crippen LogP contribution in [0.1, 0.15) is 22.3 Å². The van der Waals surface area contributed by atoms with Gasteiger partial charge in [0.2, 0.25) is 0 Å². The number of anilines is 1. The molecule has 0 unspecified atom stereocenters. The summed E-state index contributed by atoms with van der Waals surface area (Å²) in [5.41, 5.74) is 7.80. The molecule has 1 rings (SSSR count). The average molecular weight is 204 g/mol. The molecule has 1 aromatic carbocycles. The highest BCUT2D eigenvalue weighted by Gasteiger charge is 2.07. The Morgan fingerprint density at radius 3 is 3.00 bits per heavy atom. The van der Waals surface area contributed by atoms with Crippen LogP contribution in [0.25, 0.3) is 0 Å². The lowest BCUT2D eigenvalue weighted by molar-refractivity contribution is 0.0954. The molecule has 3 heteroatoms. The minimum absolute atomic E-state index is 0.0818. The molecule has 0 aliphatic rings. The summed E-state index contributed by atoms with van der Waals surface area (Å²) in [6, 6.07) is 5.33. The topological polar surface area (TPSA) is 55.1 Å². The van der Waals surface area contributed by atoms with E-state index in [4.69, 9.17) is 5.73 Å². The van der Waals surface area contributed by atoms with Crippen molar-refractivity contribution in [3.05, 3.63) is 42.0 Å². The Morgan fingerprint density at radius 1 is 1.60 bits per heavy atom. The zero-order valence-corrected chi connectivity index (χ0v) is 8.92. The number of carbonyl (C=O) groups excluding carboxylic acids is 1. The Bertz CT molecular complexity index is 372. The molecular formula is C12H16N2O. The third-order valence-corrected chi connectivity index (χ3v) is 2.14. The van der Waals surface area contributed by atoms with Crippen molar-refractivity contribution in [3.63, 3.8) is 0 Å². The van der Waals surface area contributed by atoms with Gasteiger partial charge in [-0.2, -0.15) is 0 Å². The zero-order valence-electron chi connectivity index (χ0n) is 8.92. The van der Waals surface area contributed by atoms with E-state index in [1.54, 1.807) is 18.2 Å². The van der Waals surface area contributed by atoms with Gasteiger partial charge in [-0.05, 0) is 31.0 Å². The van der Waals surface area contributed by atoms with E-state index in [9.17, 15) is 4.79 Å². The molecular weight excluding hydrogens is 188 g/mol. The fraction of sp³-hybridized carbons (Fsp3) is 0.250. The van der Waals surface area contributed by atoms with Crippen molar-refractivity contribution in [1.82, 2.24) is 5.32 Å². The fourth-order valence-electron chi connectivity index (χ4n) is 1.27. The predicted octanol–water partition coefficient (Wildman–Crippen LogP) is 1.88. The molecule has 80 valence electrons. The number of hydrogen-bond acceptors (Lipinski definition) is 2. The van der Waals surface area contributed by atoms with E-state index in [-0.39, 0.29) is 5.91 Å². The van der Waals surface area contributed by atoms with Crippen LogP contribution in [-0.4, -0.2) is 12.5 Å². The second-order valence-corrected chi connectivity index (χ2v) is 3.41. The van der Waals surface area contributed by atoms with Crippen LogP contribution in [0.5, 0.6) is 0 Å². The summed E-state index contributed by atoms with van der Waals surface area (Å²) in [5.74, 6) is -0.0818. The SMILES string of the molecule is C=CCCNC(=O)c1cc(N)ccc1C. The van der Waals surface area contributed by atoms with E-state index < -0.39 is 0 Å². The first-order chi connectivity index (χ1) is 7.15. The molecule has 0 saturated carbocycles. The summed E-state index contributed by atoms with van der Waals surface area (Å²) in [6.07, 6.45) is 2.54. The van der Waals surface area contributed by atoms with E-state index in [1.165, 1.54) is 0 Å². The second kappa shape index (κ2) is 5.20. The lowest BCUT2D eigenvalue weighted by atomic mass is 10.1. The minimum atomic E-state index is -0.0818. The summed E-state index contributed by atoms with van der Waals surface area (Å²) in [5, 5.41) is 2.80. The number of hydrogen-bond donors (Lipinski definition) is 2. The summed E-state index contributed by atoms with van der Waals surface area (Å²) >= 11 is 0. The fourth-order valence-corrected chi connectivity index (χ4v) is 1.27. The first kappa shape index (κ1) is 11.3. The Kier molecular flexibility index (Phi) is 3.92. The third-order valence-electron chi connectivity index (χ3n) is 2.14. The van der Waals surface area contributed by atoms with Crippen LogP contribution in [0.4, 0.5) is 5.69 Å². The highest BCUT2D eigenvalue weighted by molar-refractivity contribution is 5.96. The van der Waals surface area contributed by atoms with Gasteiger partial charge in [-0.15, -0.1) is 6.58 Å². The zero-order chi connectivity index (χ0) is 11.3. The Morgan fingerprint density at radius 2 is 2.33 bits per heavy atom. The van der Waals surface area contributed by atoms with Gasteiger partial charge in [0.25, 0.3) is 5.91 Å². The Labute approximate surface area is 90.0 Å². The van der Waals surface area contributed by atoms with Crippen LogP contribution in [0, 0.1) is 6.92 Å². The van der Waals surface area contributed by atoms with Crippen LogP contribution >= 0.6 is 0 Å². The molecule has 0 bridgehead atoms. The number of rotatable bonds is 4. The van der Waals surface area contributed by atoms with Crippen molar-refractivity contribution < 1.29 is 4.79 Å². The number of carbonyl (C=O) groups is 1. The molecule has 3 N–H and O–H groups in total. The van der Waals surface area contributed by atoms with E-state index in [2.05, 4.69) is 11.9 Å². The van der Waals surface area contributed by atoms with Crippen molar-refractivity contribution >= 4 is 11.6 Å². The van der Waals surface area contributed by atoms with Crippen molar-refractivity contribution in [2.45, 2.75) is 13.3 Å². The molecule has 0 aliphatic carbocycles. The number of nitrogens with one attached hydrogen (secondary N) is 1. The number of aryl methyl sites for hydroxylation is 1. The smallest absolute Gasteiger partial charge is 0.251 e. The Balaban J connectivity index is 2.72. The number of amides is 1. The predicted molar refractivity (Wildman–Crippen MR) is 62.7 cm³/mol. The van der Waals surface area contributed by atoms with Gasteiger partial charge >= 0.3 is 0 Å². The highest BCUT2D eigenvalue weighted by atomic mass is 16.1. The molecule has 15 heavy (non-hydrogen) atoms. The molecule has 0 spiro atoms. The molecule has 1 amide bonds. The lowest BCUT2D eigenvalue weighted by Gasteiger charge is -2.07. The van der Waals surface area contributed by atoms with Crippen LogP contribution in [0.2, 0.25) is 0 Å². The van der Waals surface area contributed by atoms with Crippen LogP contribution in [0.15, 0.2) is 30.9 Å². The average Bonchev–Trinajstić information content (AvgIpc) is 2.22. The standard InChI is InChI=1S/C12H16N2O/c1-3-4-7-14-12(15)11-8-10(13)6-5-9(11)2/h3,5-6,8H,1,4,7,13H2,2H3,(H,14,15). The first-order valence-corrected chi connectivity index (χ1v) is 4.90. The summed E-state index contributed by atoms with van der Waals surface area (Å²) in [6.45, 7) is 6.09. The first-order valence-electron chi connectivity index (χ1n) is 4.90. The maximum absolute atomic E-state index is 11.7. The van der Waals surface area contributed by atoms with Crippen molar-refractivity contribution in [1.29, 1.82) is 0 Å². The molecule has 1 aromatic rings. The largest absolute Gasteiger partial charge is 0.399 e. The van der Waals surface area contributed by atoms with Gasteiger partial charge in [-0.25, -0.2) is 0 Å². The van der Waals surface area contributed by atoms with Crippen molar-refractivity contribution in [2.24, 2.45) is 0 Å². The molecule has 3 nitrogen and oxygen atoms in total. The van der Waals surface area contributed by atoms with Crippen molar-refractivity contribution in [2.75, 3.05) is 12.3 Å². The van der Waals surface area contributed by atoms with Gasteiger partial charge in [0.15, 0.2) is 0 Å². The molecule has 0 aliphatic heterocycles. The molecule has 0 aromatic heterocycles. The normalized spacial score (nSPS) is 9.67. The molecule has 0 radical (unpaired) electrons. The van der Waals surface area contributed by atoms with Crippen LogP contribution in [0.3, 0.4) is 0 Å². The van der Waals surface area contributed by atoms with Crippen LogP contribution < -0.4 is 11.1 Å². The van der Waals surface area contributed by atoms with E-state index in [0.717, 1.165) is 12.0 Å². The van der Waals surface area contributed by atoms with Crippen LogP contribution in [-0.2, 0) is 0 Å². The Hall–Kier alpha value is -1.77. The molecule has 0 fully saturated rings. The van der Waals surface area contributed by atoms with Gasteiger partial charge in [0.1, 0.15) is 0 Å². The second-order valence-electron chi connectivity index (χ2n) is 3.41. The quantitative estimate of drug-likeness (QED) is 0.447. The van der Waals surface area contributed by atoms with Gasteiger partial charge in [-0.1, -0.05) is 12.1 Å². The highest BCUT2D eigenvalue weighted by Crippen LogP contribution is 2.12. The maximum atomic E-state index is 11.7. The maximum Gasteiger partial charge on any atom is 0.251 e. The number of nitrogens with two attached hydrogens (primary N) is 1. The number of benzene rings is 1. The summed E-state index contributed by atoms with van der Waals surface area (Å²) in [7, 11) is 0. The van der Waals surface area contributed by atoms with Gasteiger partial charge in [0.05, 0.1) is 0 Å².